The largest absolute Gasteiger partial charge is 0.345 e. The lowest BCUT2D eigenvalue weighted by Crippen LogP contribution is -2.22. The molecule has 0 bridgehead atoms. The minimum Gasteiger partial charge on any atom is -0.345 e. The summed E-state index contributed by atoms with van der Waals surface area (Å²) in [5, 5.41) is 0. The molecule has 24 heavy (non-hydrogen) atoms. The average Bonchev–Trinajstić information content (AvgIpc) is 2.54. The predicted molar refractivity (Wildman–Crippen MR) is 91.7 cm³/mol. The van der Waals surface area contributed by atoms with Gasteiger partial charge in [-0.1, -0.05) is 18.2 Å². The SMILES string of the molecule is CC(=O)c1cccc(NS(=O)(=O)c2cccc(C(=O)N(C)C)c2)c1. The summed E-state index contributed by atoms with van der Waals surface area (Å²) in [6, 6.07) is 12.0. The van der Waals surface area contributed by atoms with E-state index >= 15 is 0 Å². The maximum atomic E-state index is 12.5. The minimum absolute atomic E-state index is 0.0246. The monoisotopic (exact) mass is 346 g/mol. The number of sulfonamides is 1. The van der Waals surface area contributed by atoms with E-state index in [1.807, 2.05) is 0 Å². The van der Waals surface area contributed by atoms with Gasteiger partial charge < -0.3 is 4.90 Å². The molecule has 0 heterocycles. The van der Waals surface area contributed by atoms with E-state index in [-0.39, 0.29) is 27.8 Å². The molecular weight excluding hydrogens is 328 g/mol. The summed E-state index contributed by atoms with van der Waals surface area (Å²) >= 11 is 0. The number of Topliss-reactive ketones (excluding diaryl/α,β-unsaturated/α-hetero) is 1. The quantitative estimate of drug-likeness (QED) is 0.843. The summed E-state index contributed by atoms with van der Waals surface area (Å²) in [5.41, 5.74) is 0.971. The number of rotatable bonds is 5. The van der Waals surface area contributed by atoms with Crippen LogP contribution in [0.25, 0.3) is 0 Å². The number of nitrogens with one attached hydrogen (secondary N) is 1. The van der Waals surface area contributed by atoms with Crippen molar-refractivity contribution < 1.29 is 18.0 Å². The van der Waals surface area contributed by atoms with Crippen LogP contribution in [0.2, 0.25) is 0 Å². The molecule has 2 aromatic carbocycles. The first-order chi connectivity index (χ1) is 11.2. The highest BCUT2D eigenvalue weighted by Gasteiger charge is 2.17. The molecule has 0 aliphatic rings. The zero-order valence-corrected chi connectivity index (χ0v) is 14.4. The van der Waals surface area contributed by atoms with Gasteiger partial charge in [0.2, 0.25) is 0 Å². The Kier molecular flexibility index (Phi) is 5.04. The number of carbonyl (C=O) groups excluding carboxylic acids is 2. The number of hydrogen-bond donors (Lipinski definition) is 1. The highest BCUT2D eigenvalue weighted by atomic mass is 32.2. The Balaban J connectivity index is 2.34. The van der Waals surface area contributed by atoms with Crippen LogP contribution in [0.5, 0.6) is 0 Å². The zero-order valence-electron chi connectivity index (χ0n) is 13.6. The molecule has 0 spiro atoms. The number of hydrogen-bond acceptors (Lipinski definition) is 4. The zero-order chi connectivity index (χ0) is 17.9. The van der Waals surface area contributed by atoms with Gasteiger partial charge in [0, 0.05) is 30.9 Å². The third kappa shape index (κ3) is 3.99. The Bertz CT molecular complexity index is 889. The lowest BCUT2D eigenvalue weighted by Gasteiger charge is -2.12. The second kappa shape index (κ2) is 6.84. The summed E-state index contributed by atoms with van der Waals surface area (Å²) in [7, 11) is -0.685. The number of amides is 1. The maximum Gasteiger partial charge on any atom is 0.261 e. The van der Waals surface area contributed by atoms with Gasteiger partial charge in [0.25, 0.3) is 15.9 Å². The fourth-order valence-corrected chi connectivity index (χ4v) is 3.17. The van der Waals surface area contributed by atoms with Crippen molar-refractivity contribution in [3.8, 4) is 0 Å². The van der Waals surface area contributed by atoms with Crippen LogP contribution in [0.3, 0.4) is 0 Å². The van der Waals surface area contributed by atoms with Crippen LogP contribution >= 0.6 is 0 Å². The van der Waals surface area contributed by atoms with Gasteiger partial charge in [-0.05, 0) is 37.3 Å². The van der Waals surface area contributed by atoms with Crippen LogP contribution in [0.15, 0.2) is 53.4 Å². The van der Waals surface area contributed by atoms with Crippen LogP contribution in [0, 0.1) is 0 Å². The van der Waals surface area contributed by atoms with E-state index in [0.29, 0.717) is 5.56 Å². The maximum absolute atomic E-state index is 12.5. The van der Waals surface area contributed by atoms with Gasteiger partial charge in [-0.2, -0.15) is 0 Å². The van der Waals surface area contributed by atoms with E-state index in [0.717, 1.165) is 0 Å². The molecule has 0 aromatic heterocycles. The molecule has 0 radical (unpaired) electrons. The van der Waals surface area contributed by atoms with Gasteiger partial charge in [-0.15, -0.1) is 0 Å². The van der Waals surface area contributed by atoms with Crippen molar-refractivity contribution in [3.05, 3.63) is 59.7 Å². The first kappa shape index (κ1) is 17.7. The summed E-state index contributed by atoms with van der Waals surface area (Å²) in [4.78, 5) is 24.7. The van der Waals surface area contributed by atoms with Crippen molar-refractivity contribution in [2.24, 2.45) is 0 Å². The fraction of sp³-hybridized carbons (Fsp3) is 0.176. The average molecular weight is 346 g/mol. The highest BCUT2D eigenvalue weighted by molar-refractivity contribution is 7.92. The molecular formula is C17H18N2O4S. The van der Waals surface area contributed by atoms with E-state index in [9.17, 15) is 18.0 Å². The Morgan fingerprint density at radius 1 is 0.958 bits per heavy atom. The van der Waals surface area contributed by atoms with Crippen molar-refractivity contribution in [3.63, 3.8) is 0 Å². The molecule has 1 N–H and O–H groups in total. The van der Waals surface area contributed by atoms with Crippen molar-refractivity contribution in [1.82, 2.24) is 4.90 Å². The van der Waals surface area contributed by atoms with Crippen LogP contribution in [-0.4, -0.2) is 39.1 Å². The lowest BCUT2D eigenvalue weighted by molar-refractivity contribution is 0.0827. The second-order valence-electron chi connectivity index (χ2n) is 5.47. The van der Waals surface area contributed by atoms with Gasteiger partial charge >= 0.3 is 0 Å². The standard InChI is InChI=1S/C17H18N2O4S/c1-12(20)13-6-4-8-15(10-13)18-24(22,23)16-9-5-7-14(11-16)17(21)19(2)3/h4-11,18H,1-3H3. The molecule has 0 saturated heterocycles. The summed E-state index contributed by atoms with van der Waals surface area (Å²) in [5.74, 6) is -0.444. The second-order valence-corrected chi connectivity index (χ2v) is 7.15. The Morgan fingerprint density at radius 2 is 1.58 bits per heavy atom. The molecule has 7 heteroatoms. The summed E-state index contributed by atoms with van der Waals surface area (Å²) in [6.45, 7) is 1.41. The molecule has 0 aliphatic heterocycles. The lowest BCUT2D eigenvalue weighted by atomic mass is 10.1. The number of benzene rings is 2. The molecule has 126 valence electrons. The highest BCUT2D eigenvalue weighted by Crippen LogP contribution is 2.19. The topological polar surface area (TPSA) is 83.5 Å². The van der Waals surface area contributed by atoms with Crippen LogP contribution in [0.1, 0.15) is 27.6 Å². The minimum atomic E-state index is -3.87. The van der Waals surface area contributed by atoms with Crippen LogP contribution in [-0.2, 0) is 10.0 Å². The summed E-state index contributed by atoms with van der Waals surface area (Å²) in [6.07, 6.45) is 0. The normalized spacial score (nSPS) is 11.0. The predicted octanol–water partition coefficient (Wildman–Crippen LogP) is 2.39. The van der Waals surface area contributed by atoms with Crippen molar-refractivity contribution >= 4 is 27.4 Å². The van der Waals surface area contributed by atoms with Gasteiger partial charge in [-0.3, -0.25) is 14.3 Å². The number of carbonyl (C=O) groups is 2. The first-order valence-corrected chi connectivity index (χ1v) is 8.64. The van der Waals surface area contributed by atoms with Gasteiger partial charge in [0.1, 0.15) is 0 Å². The molecule has 1 amide bonds. The van der Waals surface area contributed by atoms with Crippen LogP contribution < -0.4 is 4.72 Å². The first-order valence-electron chi connectivity index (χ1n) is 7.16. The van der Waals surface area contributed by atoms with E-state index in [4.69, 9.17) is 0 Å². The van der Waals surface area contributed by atoms with E-state index in [1.165, 1.54) is 36.1 Å². The van der Waals surface area contributed by atoms with Crippen molar-refractivity contribution in [2.75, 3.05) is 18.8 Å². The van der Waals surface area contributed by atoms with Crippen molar-refractivity contribution in [2.45, 2.75) is 11.8 Å². The van der Waals surface area contributed by atoms with E-state index in [2.05, 4.69) is 4.72 Å². The Labute approximate surface area is 141 Å². The van der Waals surface area contributed by atoms with Crippen molar-refractivity contribution in [1.29, 1.82) is 0 Å². The number of nitrogens with zero attached hydrogens (tertiary/aromatic N) is 1. The molecule has 2 rings (SSSR count). The Hall–Kier alpha value is -2.67. The number of ketones is 1. The van der Waals surface area contributed by atoms with Gasteiger partial charge in [0.15, 0.2) is 5.78 Å². The third-order valence-electron chi connectivity index (χ3n) is 3.32. The smallest absolute Gasteiger partial charge is 0.261 e. The van der Waals surface area contributed by atoms with Crippen LogP contribution in [0.4, 0.5) is 5.69 Å². The molecule has 0 saturated carbocycles. The third-order valence-corrected chi connectivity index (χ3v) is 4.70. The molecule has 0 fully saturated rings. The van der Waals surface area contributed by atoms with E-state index < -0.39 is 10.0 Å². The molecule has 0 atom stereocenters. The molecule has 2 aromatic rings. The molecule has 0 aliphatic carbocycles. The van der Waals surface area contributed by atoms with Gasteiger partial charge in [0.05, 0.1) is 4.90 Å². The van der Waals surface area contributed by atoms with Gasteiger partial charge in [-0.25, -0.2) is 8.42 Å². The molecule has 6 nitrogen and oxygen atoms in total. The molecule has 0 unspecified atom stereocenters. The number of anilines is 1. The fourth-order valence-electron chi connectivity index (χ4n) is 2.07. The Morgan fingerprint density at radius 3 is 2.21 bits per heavy atom. The summed E-state index contributed by atoms with van der Waals surface area (Å²) < 4.78 is 27.4. The van der Waals surface area contributed by atoms with E-state index in [1.54, 1.807) is 38.4 Å².